The molecule has 144 valence electrons. The van der Waals surface area contributed by atoms with Crippen molar-refractivity contribution in [3.63, 3.8) is 0 Å². The summed E-state index contributed by atoms with van der Waals surface area (Å²) in [4.78, 5) is 6.28. The van der Waals surface area contributed by atoms with Gasteiger partial charge in [0.2, 0.25) is 0 Å². The molecule has 6 heteroatoms. The maximum absolute atomic E-state index is 5.68. The van der Waals surface area contributed by atoms with Crippen LogP contribution in [0.4, 0.5) is 5.69 Å². The van der Waals surface area contributed by atoms with Crippen molar-refractivity contribution in [2.45, 2.75) is 33.0 Å². The van der Waals surface area contributed by atoms with E-state index in [1.807, 2.05) is 36.2 Å². The van der Waals surface area contributed by atoms with E-state index in [2.05, 4.69) is 35.8 Å². The summed E-state index contributed by atoms with van der Waals surface area (Å²) in [5, 5.41) is 3.86. The van der Waals surface area contributed by atoms with Crippen molar-refractivity contribution in [1.29, 1.82) is 0 Å². The van der Waals surface area contributed by atoms with E-state index in [0.717, 1.165) is 11.3 Å². The van der Waals surface area contributed by atoms with Crippen molar-refractivity contribution in [3.05, 3.63) is 29.8 Å². The van der Waals surface area contributed by atoms with E-state index < -0.39 is 0 Å². The number of aliphatic imine (C=N–C) groups is 1. The first-order chi connectivity index (χ1) is 13.0. The van der Waals surface area contributed by atoms with Crippen LogP contribution in [0, 0.1) is 23.2 Å². The summed E-state index contributed by atoms with van der Waals surface area (Å²) in [5.41, 5.74) is 2.00. The number of rotatable bonds is 4. The molecule has 1 aromatic carbocycles. The lowest BCUT2D eigenvalue weighted by Gasteiger charge is -2.33. The average Bonchev–Trinajstić information content (AvgIpc) is 3.49. The molecule has 1 saturated heterocycles. The number of hydrazone groups is 1. The summed E-state index contributed by atoms with van der Waals surface area (Å²) in [5.74, 6) is 13.2. The van der Waals surface area contributed by atoms with Gasteiger partial charge in [0.25, 0.3) is 0 Å². The molecular weight excluding hydrogens is 340 g/mol. The third-order valence-electron chi connectivity index (χ3n) is 4.49. The van der Waals surface area contributed by atoms with Crippen molar-refractivity contribution < 1.29 is 9.47 Å². The Labute approximate surface area is 161 Å². The molecular formula is C21H28N4O2. The summed E-state index contributed by atoms with van der Waals surface area (Å²) in [6.45, 7) is 5.97. The first kappa shape index (κ1) is 19.4. The number of nitrogens with two attached hydrogens (primary N) is 1. The van der Waals surface area contributed by atoms with E-state index in [1.165, 1.54) is 12.8 Å². The van der Waals surface area contributed by atoms with Gasteiger partial charge in [-0.25, -0.2) is 0 Å². The lowest BCUT2D eigenvalue weighted by molar-refractivity contribution is -0.215. The van der Waals surface area contributed by atoms with Crippen LogP contribution in [-0.4, -0.2) is 45.1 Å². The first-order valence-corrected chi connectivity index (χ1v) is 9.33. The Kier molecular flexibility index (Phi) is 6.15. The van der Waals surface area contributed by atoms with Gasteiger partial charge in [0, 0.05) is 29.6 Å². The summed E-state index contributed by atoms with van der Waals surface area (Å²) >= 11 is 0. The van der Waals surface area contributed by atoms with Crippen LogP contribution < -0.4 is 10.7 Å². The van der Waals surface area contributed by atoms with Gasteiger partial charge in [-0.3, -0.25) is 4.99 Å². The molecule has 2 N–H and O–H groups in total. The molecule has 2 aliphatic rings. The minimum atomic E-state index is -0.320. The normalized spacial score (nSPS) is 20.3. The van der Waals surface area contributed by atoms with Crippen LogP contribution in [0.5, 0.6) is 0 Å². The van der Waals surface area contributed by atoms with Gasteiger partial charge in [0.05, 0.1) is 26.0 Å². The van der Waals surface area contributed by atoms with Gasteiger partial charge < -0.3 is 20.2 Å². The van der Waals surface area contributed by atoms with Crippen molar-refractivity contribution in [3.8, 4) is 11.8 Å². The van der Waals surface area contributed by atoms with Gasteiger partial charge in [0.1, 0.15) is 0 Å². The average molecular weight is 368 g/mol. The summed E-state index contributed by atoms with van der Waals surface area (Å²) in [6.07, 6.45) is 3.77. The smallest absolute Gasteiger partial charge is 0.176 e. The molecule has 0 aromatic heterocycles. The zero-order valence-electron chi connectivity index (χ0n) is 16.3. The number of ether oxygens (including phenoxy) is 2. The van der Waals surface area contributed by atoms with E-state index in [0.29, 0.717) is 31.5 Å². The maximum Gasteiger partial charge on any atom is 0.176 e. The van der Waals surface area contributed by atoms with Crippen LogP contribution in [0.3, 0.4) is 0 Å². The van der Waals surface area contributed by atoms with Crippen LogP contribution in [0.15, 0.2) is 34.4 Å². The predicted octanol–water partition coefficient (Wildman–Crippen LogP) is 2.63. The molecule has 2 fully saturated rings. The predicted molar refractivity (Wildman–Crippen MR) is 109 cm³/mol. The molecule has 0 bridgehead atoms. The van der Waals surface area contributed by atoms with E-state index in [9.17, 15) is 0 Å². The number of hydrogen-bond donors (Lipinski definition) is 1. The number of amidine groups is 1. The fourth-order valence-electron chi connectivity index (χ4n) is 2.60. The molecule has 1 heterocycles. The second-order valence-corrected chi connectivity index (χ2v) is 7.85. The lowest BCUT2D eigenvalue weighted by atomic mass is 9.96. The largest absolute Gasteiger partial charge is 0.350 e. The highest BCUT2D eigenvalue weighted by Gasteiger charge is 2.27. The van der Waals surface area contributed by atoms with Gasteiger partial charge in [-0.05, 0) is 31.0 Å². The number of anilines is 1. The van der Waals surface area contributed by atoms with E-state index in [4.69, 9.17) is 15.3 Å². The molecule has 0 atom stereocenters. The van der Waals surface area contributed by atoms with Gasteiger partial charge in [-0.1, -0.05) is 31.8 Å². The Morgan fingerprint density at radius 3 is 2.74 bits per heavy atom. The molecule has 0 spiro atoms. The van der Waals surface area contributed by atoms with Crippen molar-refractivity contribution in [1.82, 2.24) is 0 Å². The lowest BCUT2D eigenvalue weighted by Crippen LogP contribution is -2.39. The van der Waals surface area contributed by atoms with Crippen LogP contribution in [0.25, 0.3) is 0 Å². The molecule has 1 saturated carbocycles. The third kappa shape index (κ3) is 5.81. The molecule has 1 aromatic rings. The molecule has 0 radical (unpaired) electrons. The zero-order valence-corrected chi connectivity index (χ0v) is 16.3. The Balaban J connectivity index is 1.58. The first-order valence-electron chi connectivity index (χ1n) is 9.33. The number of benzene rings is 1. The molecule has 27 heavy (non-hydrogen) atoms. The highest BCUT2D eigenvalue weighted by molar-refractivity contribution is 6.35. The Morgan fingerprint density at radius 2 is 2.07 bits per heavy atom. The quantitative estimate of drug-likeness (QED) is 0.292. The second-order valence-electron chi connectivity index (χ2n) is 7.85. The van der Waals surface area contributed by atoms with E-state index >= 15 is 0 Å². The van der Waals surface area contributed by atoms with Crippen LogP contribution in [-0.2, 0) is 9.47 Å². The van der Waals surface area contributed by atoms with Gasteiger partial charge in [-0.2, -0.15) is 5.10 Å². The van der Waals surface area contributed by atoms with Gasteiger partial charge in [0.15, 0.2) is 12.1 Å². The third-order valence-corrected chi connectivity index (χ3v) is 4.49. The maximum atomic E-state index is 5.68. The van der Waals surface area contributed by atoms with E-state index in [1.54, 1.807) is 6.21 Å². The van der Waals surface area contributed by atoms with Crippen LogP contribution in [0.1, 0.15) is 32.3 Å². The Bertz CT molecular complexity index is 762. The fourth-order valence-corrected chi connectivity index (χ4v) is 2.60. The zero-order chi connectivity index (χ0) is 19.3. The van der Waals surface area contributed by atoms with Gasteiger partial charge >= 0.3 is 0 Å². The van der Waals surface area contributed by atoms with Crippen molar-refractivity contribution in [2.24, 2.45) is 27.3 Å². The minimum Gasteiger partial charge on any atom is -0.350 e. The summed E-state index contributed by atoms with van der Waals surface area (Å²) in [6, 6.07) is 8.03. The van der Waals surface area contributed by atoms with Crippen LogP contribution >= 0.6 is 0 Å². The fraction of sp³-hybridized carbons (Fsp3) is 0.524. The van der Waals surface area contributed by atoms with Crippen LogP contribution in [0.2, 0.25) is 0 Å². The molecule has 0 unspecified atom stereocenters. The van der Waals surface area contributed by atoms with Crippen molar-refractivity contribution >= 4 is 17.7 Å². The molecule has 0 amide bonds. The summed E-state index contributed by atoms with van der Waals surface area (Å²) < 4.78 is 11.4. The number of hydrogen-bond acceptors (Lipinski definition) is 5. The highest BCUT2D eigenvalue weighted by atomic mass is 16.7. The minimum absolute atomic E-state index is 0.0533. The van der Waals surface area contributed by atoms with Gasteiger partial charge in [-0.15, -0.1) is 0 Å². The topological polar surface area (TPSA) is 72.4 Å². The monoisotopic (exact) mass is 368 g/mol. The molecule has 1 aliphatic carbocycles. The Morgan fingerprint density at radius 1 is 1.33 bits per heavy atom. The molecule has 3 rings (SSSR count). The number of nitrogens with zero attached hydrogens (tertiary/aromatic N) is 3. The summed E-state index contributed by atoms with van der Waals surface area (Å²) in [7, 11) is 1.90. The Hall–Kier alpha value is -2.36. The molecule has 6 nitrogen and oxygen atoms in total. The second kappa shape index (κ2) is 8.55. The molecule has 1 aliphatic heterocycles. The SMILES string of the molecule is CN(/C(C=NCC1OCC(C)(C)CO1)=N/N)c1cccc(C#CC2CC2)c1. The standard InChI is InChI=1S/C21H28N4O2/c1-21(2)14-26-20(27-15-21)13-23-12-19(24-22)25(3)18-6-4-5-17(11-18)10-9-16-7-8-16/h4-6,11-12,16,20H,7-8,13-15,22H2,1-3H3/b23-12?,24-19+. The van der Waals surface area contributed by atoms with Crippen molar-refractivity contribution in [2.75, 3.05) is 31.7 Å². The highest BCUT2D eigenvalue weighted by Crippen LogP contribution is 2.27. The van der Waals surface area contributed by atoms with E-state index in [-0.39, 0.29) is 11.7 Å².